The van der Waals surface area contributed by atoms with Crippen molar-refractivity contribution >= 4 is 23.1 Å². The van der Waals surface area contributed by atoms with Crippen molar-refractivity contribution < 1.29 is 13.9 Å². The highest BCUT2D eigenvalue weighted by molar-refractivity contribution is 7.11. The third-order valence-electron chi connectivity index (χ3n) is 3.43. The second-order valence-corrected chi connectivity index (χ2v) is 6.44. The van der Waals surface area contributed by atoms with Crippen molar-refractivity contribution in [3.8, 4) is 17.2 Å². The Balaban J connectivity index is 1.69. The molecule has 3 aromatic rings. The fraction of sp³-hybridized carbons (Fsp3) is 0.312. The number of hydrogen-bond donors (Lipinski definition) is 2. The quantitative estimate of drug-likeness (QED) is 0.681. The second kappa shape index (κ2) is 7.91. The molecule has 3 rings (SSSR count). The van der Waals surface area contributed by atoms with E-state index in [1.54, 1.807) is 25.1 Å². The molecule has 0 unspecified atom stereocenters. The number of benzene rings is 1. The monoisotopic (exact) mass is 374 g/mol. The van der Waals surface area contributed by atoms with Crippen LogP contribution in [0.2, 0.25) is 0 Å². The highest BCUT2D eigenvalue weighted by Crippen LogP contribution is 2.30. The first kappa shape index (κ1) is 17.8. The van der Waals surface area contributed by atoms with E-state index in [1.165, 1.54) is 18.4 Å². The van der Waals surface area contributed by atoms with E-state index in [0.717, 1.165) is 16.4 Å². The Hall–Kier alpha value is -3.01. The van der Waals surface area contributed by atoms with E-state index < -0.39 is 0 Å². The van der Waals surface area contributed by atoms with Gasteiger partial charge in [-0.3, -0.25) is 0 Å². The number of nitrogens with zero attached hydrogens (tertiary/aromatic N) is 4. The van der Waals surface area contributed by atoms with Gasteiger partial charge in [0.15, 0.2) is 0 Å². The smallest absolute Gasteiger partial charge is 0.319 e. The fourth-order valence-corrected chi connectivity index (χ4v) is 2.90. The maximum absolute atomic E-state index is 12.2. The minimum absolute atomic E-state index is 0.300. The van der Waals surface area contributed by atoms with Gasteiger partial charge in [-0.15, -0.1) is 20.4 Å². The van der Waals surface area contributed by atoms with E-state index in [-0.39, 0.29) is 6.03 Å². The van der Waals surface area contributed by atoms with Crippen LogP contribution in [-0.2, 0) is 13.0 Å². The summed E-state index contributed by atoms with van der Waals surface area (Å²) >= 11 is 1.47. The number of urea groups is 1. The van der Waals surface area contributed by atoms with Gasteiger partial charge in [-0.25, -0.2) is 4.79 Å². The number of carbonyl (C=O) groups is 1. The minimum atomic E-state index is -0.379. The third kappa shape index (κ3) is 4.14. The predicted molar refractivity (Wildman–Crippen MR) is 96.2 cm³/mol. The van der Waals surface area contributed by atoms with Crippen LogP contribution in [0.3, 0.4) is 0 Å². The number of aromatic nitrogens is 4. The average Bonchev–Trinajstić information content (AvgIpc) is 3.28. The van der Waals surface area contributed by atoms with Crippen LogP contribution in [0.4, 0.5) is 10.5 Å². The fourth-order valence-electron chi connectivity index (χ4n) is 2.18. The van der Waals surface area contributed by atoms with Crippen molar-refractivity contribution in [2.75, 3.05) is 12.4 Å². The van der Waals surface area contributed by atoms with Gasteiger partial charge in [0, 0.05) is 12.5 Å². The molecule has 0 fully saturated rings. The lowest BCUT2D eigenvalue weighted by Crippen LogP contribution is -2.28. The molecule has 0 aliphatic carbocycles. The summed E-state index contributed by atoms with van der Waals surface area (Å²) in [5.41, 5.74) is 1.17. The van der Waals surface area contributed by atoms with Gasteiger partial charge in [0.05, 0.1) is 19.3 Å². The normalized spacial score (nSPS) is 10.6. The van der Waals surface area contributed by atoms with E-state index >= 15 is 0 Å². The molecule has 2 N–H and O–H groups in total. The Morgan fingerprint density at radius 1 is 1.23 bits per heavy atom. The first-order chi connectivity index (χ1) is 12.6. The zero-order chi connectivity index (χ0) is 18.5. The summed E-state index contributed by atoms with van der Waals surface area (Å²) in [5.74, 6) is 1.35. The Morgan fingerprint density at radius 3 is 2.69 bits per heavy atom. The maximum Gasteiger partial charge on any atom is 0.319 e. The molecule has 0 spiro atoms. The van der Waals surface area contributed by atoms with Gasteiger partial charge in [-0.1, -0.05) is 18.3 Å². The SMILES string of the molecule is CCc1nnc(CNC(=O)Nc2cc(-c3nnc(C)o3)ccc2OC)s1. The Bertz CT molecular complexity index is 907. The standard InChI is InChI=1S/C16H18N6O3S/c1-4-13-20-21-14(26-13)8-17-16(23)18-11-7-10(5-6-12(11)24-3)15-22-19-9(2)25-15/h5-7H,4,8H2,1-3H3,(H2,17,18,23). The highest BCUT2D eigenvalue weighted by atomic mass is 32.1. The zero-order valence-corrected chi connectivity index (χ0v) is 15.4. The number of amides is 2. The molecule has 0 aliphatic heterocycles. The summed E-state index contributed by atoms with van der Waals surface area (Å²) in [6, 6.07) is 4.84. The van der Waals surface area contributed by atoms with Crippen LogP contribution in [0, 0.1) is 6.92 Å². The maximum atomic E-state index is 12.2. The number of ether oxygens (including phenoxy) is 1. The van der Waals surface area contributed by atoms with Crippen molar-refractivity contribution in [3.63, 3.8) is 0 Å². The Morgan fingerprint density at radius 2 is 2.04 bits per heavy atom. The average molecular weight is 374 g/mol. The molecule has 9 nitrogen and oxygen atoms in total. The molecule has 1 aromatic carbocycles. The van der Waals surface area contributed by atoms with Crippen molar-refractivity contribution in [1.82, 2.24) is 25.7 Å². The summed E-state index contributed by atoms with van der Waals surface area (Å²) < 4.78 is 10.7. The number of methoxy groups -OCH3 is 1. The van der Waals surface area contributed by atoms with Gasteiger partial charge >= 0.3 is 6.03 Å². The first-order valence-corrected chi connectivity index (χ1v) is 8.75. The summed E-state index contributed by atoms with van der Waals surface area (Å²) in [7, 11) is 1.53. The number of aryl methyl sites for hydroxylation is 2. The van der Waals surface area contributed by atoms with Crippen molar-refractivity contribution in [2.24, 2.45) is 0 Å². The highest BCUT2D eigenvalue weighted by Gasteiger charge is 2.13. The molecule has 2 amide bonds. The summed E-state index contributed by atoms with van der Waals surface area (Å²) in [6.07, 6.45) is 0.822. The van der Waals surface area contributed by atoms with Crippen LogP contribution in [-0.4, -0.2) is 33.5 Å². The summed E-state index contributed by atoms with van der Waals surface area (Å²) in [4.78, 5) is 12.2. The second-order valence-electron chi connectivity index (χ2n) is 5.29. The minimum Gasteiger partial charge on any atom is -0.495 e. The molecule has 0 saturated heterocycles. The molecule has 0 aliphatic rings. The molecule has 26 heavy (non-hydrogen) atoms. The largest absolute Gasteiger partial charge is 0.495 e. The van der Waals surface area contributed by atoms with Gasteiger partial charge in [0.1, 0.15) is 15.8 Å². The molecule has 10 heteroatoms. The predicted octanol–water partition coefficient (Wildman–Crippen LogP) is 2.79. The van der Waals surface area contributed by atoms with E-state index in [1.807, 2.05) is 6.92 Å². The van der Waals surface area contributed by atoms with Crippen molar-refractivity contribution in [2.45, 2.75) is 26.8 Å². The lowest BCUT2D eigenvalue weighted by molar-refractivity contribution is 0.251. The number of rotatable bonds is 6. The van der Waals surface area contributed by atoms with Gasteiger partial charge in [-0.2, -0.15) is 0 Å². The van der Waals surface area contributed by atoms with Gasteiger partial charge in [0.2, 0.25) is 11.8 Å². The van der Waals surface area contributed by atoms with E-state index in [4.69, 9.17) is 9.15 Å². The van der Waals surface area contributed by atoms with E-state index in [9.17, 15) is 4.79 Å². The Labute approximate surface area is 153 Å². The molecule has 0 bridgehead atoms. The van der Waals surface area contributed by atoms with Crippen LogP contribution in [0.1, 0.15) is 22.8 Å². The number of anilines is 1. The van der Waals surface area contributed by atoms with Crippen molar-refractivity contribution in [1.29, 1.82) is 0 Å². The van der Waals surface area contributed by atoms with Crippen LogP contribution < -0.4 is 15.4 Å². The summed E-state index contributed by atoms with van der Waals surface area (Å²) in [6.45, 7) is 4.02. The van der Waals surface area contributed by atoms with Crippen molar-refractivity contribution in [3.05, 3.63) is 34.1 Å². The lowest BCUT2D eigenvalue weighted by atomic mass is 10.2. The third-order valence-corrected chi connectivity index (χ3v) is 4.50. The molecule has 0 radical (unpaired) electrons. The molecular formula is C16H18N6O3S. The molecule has 136 valence electrons. The van der Waals surface area contributed by atoms with E-state index in [0.29, 0.717) is 35.3 Å². The molecule has 0 atom stereocenters. The molecular weight excluding hydrogens is 356 g/mol. The van der Waals surface area contributed by atoms with Gasteiger partial charge in [0.25, 0.3) is 0 Å². The molecule has 2 heterocycles. The van der Waals surface area contributed by atoms with Crippen LogP contribution >= 0.6 is 11.3 Å². The lowest BCUT2D eigenvalue weighted by Gasteiger charge is -2.11. The number of hydrogen-bond acceptors (Lipinski definition) is 8. The topological polar surface area (TPSA) is 115 Å². The van der Waals surface area contributed by atoms with Crippen LogP contribution in [0.5, 0.6) is 5.75 Å². The van der Waals surface area contributed by atoms with Gasteiger partial charge < -0.3 is 19.8 Å². The van der Waals surface area contributed by atoms with Crippen LogP contribution in [0.25, 0.3) is 11.5 Å². The zero-order valence-electron chi connectivity index (χ0n) is 14.6. The van der Waals surface area contributed by atoms with E-state index in [2.05, 4.69) is 31.0 Å². The molecule has 0 saturated carbocycles. The summed E-state index contributed by atoms with van der Waals surface area (Å²) in [5, 5.41) is 23.0. The Kier molecular flexibility index (Phi) is 5.42. The van der Waals surface area contributed by atoms with Gasteiger partial charge in [-0.05, 0) is 24.6 Å². The molecule has 2 aromatic heterocycles. The van der Waals surface area contributed by atoms with Crippen LogP contribution in [0.15, 0.2) is 22.6 Å². The number of carbonyl (C=O) groups excluding carboxylic acids is 1. The number of nitrogens with one attached hydrogen (secondary N) is 2. The first-order valence-electron chi connectivity index (χ1n) is 7.93.